The van der Waals surface area contributed by atoms with Crippen molar-refractivity contribution in [2.24, 2.45) is 5.92 Å². The second kappa shape index (κ2) is 6.08. The lowest BCUT2D eigenvalue weighted by molar-refractivity contribution is -0.141. The van der Waals surface area contributed by atoms with Crippen molar-refractivity contribution in [2.45, 2.75) is 12.1 Å². The molecule has 0 bridgehead atoms. The van der Waals surface area contributed by atoms with Gasteiger partial charge in [-0.1, -0.05) is 41.9 Å². The minimum Gasteiger partial charge on any atom is -0.381 e. The summed E-state index contributed by atoms with van der Waals surface area (Å²) in [5.74, 6) is -0.134. The van der Waals surface area contributed by atoms with E-state index in [-0.39, 0.29) is 17.7 Å². The topological polar surface area (TPSA) is 49.9 Å². The van der Waals surface area contributed by atoms with E-state index in [1.165, 1.54) is 0 Å². The van der Waals surface area contributed by atoms with Gasteiger partial charge in [0.1, 0.15) is 0 Å². The van der Waals surface area contributed by atoms with Gasteiger partial charge in [0, 0.05) is 41.4 Å². The highest BCUT2D eigenvalue weighted by atomic mass is 35.5. The molecule has 0 N–H and O–H groups in total. The number of halogens is 1. The molecule has 3 heterocycles. The Morgan fingerprint density at radius 2 is 1.89 bits per heavy atom. The first-order chi connectivity index (χ1) is 13.1. The van der Waals surface area contributed by atoms with Crippen molar-refractivity contribution in [1.82, 2.24) is 9.80 Å². The van der Waals surface area contributed by atoms with E-state index in [9.17, 15) is 9.59 Å². The first-order valence-corrected chi connectivity index (χ1v) is 9.58. The molecule has 2 aromatic carbocycles. The number of carbonyl (C=O) groups excluding carboxylic acids is 2. The molecule has 5 nitrogen and oxygen atoms in total. The summed E-state index contributed by atoms with van der Waals surface area (Å²) in [6, 6.07) is 15.1. The van der Waals surface area contributed by atoms with Crippen LogP contribution in [-0.4, -0.2) is 47.9 Å². The number of fused-ring (bicyclic) bond motifs is 3. The van der Waals surface area contributed by atoms with Crippen LogP contribution >= 0.6 is 11.6 Å². The molecule has 27 heavy (non-hydrogen) atoms. The zero-order chi connectivity index (χ0) is 18.6. The Kier molecular flexibility index (Phi) is 3.78. The van der Waals surface area contributed by atoms with Gasteiger partial charge in [-0.2, -0.15) is 0 Å². The number of benzene rings is 2. The van der Waals surface area contributed by atoms with Crippen LogP contribution < -0.4 is 0 Å². The Bertz CT molecular complexity index is 923. The number of amides is 2. The first kappa shape index (κ1) is 16.8. The molecular formula is C21H19ClN2O3. The molecule has 0 radical (unpaired) electrons. The maximum atomic E-state index is 13.4. The average molecular weight is 383 g/mol. The van der Waals surface area contributed by atoms with Crippen LogP contribution in [-0.2, 0) is 15.2 Å². The van der Waals surface area contributed by atoms with Crippen LogP contribution in [0.5, 0.6) is 0 Å². The van der Waals surface area contributed by atoms with Gasteiger partial charge in [-0.05, 0) is 24.6 Å². The highest BCUT2D eigenvalue weighted by molar-refractivity contribution is 6.30. The number of ether oxygens (including phenoxy) is 1. The van der Waals surface area contributed by atoms with Crippen molar-refractivity contribution in [3.63, 3.8) is 0 Å². The molecule has 2 atom stereocenters. The van der Waals surface area contributed by atoms with E-state index in [4.69, 9.17) is 16.3 Å². The summed E-state index contributed by atoms with van der Waals surface area (Å²) in [4.78, 5) is 30.3. The minimum absolute atomic E-state index is 0.0291. The molecule has 0 spiro atoms. The van der Waals surface area contributed by atoms with E-state index < -0.39 is 5.66 Å². The van der Waals surface area contributed by atoms with Crippen LogP contribution in [0.4, 0.5) is 0 Å². The Balaban J connectivity index is 1.72. The van der Waals surface area contributed by atoms with Crippen molar-refractivity contribution in [2.75, 3.05) is 26.3 Å². The number of carbonyl (C=O) groups is 2. The van der Waals surface area contributed by atoms with E-state index in [2.05, 4.69) is 0 Å². The molecule has 2 aromatic rings. The third-order valence-electron chi connectivity index (χ3n) is 5.90. The van der Waals surface area contributed by atoms with E-state index >= 15 is 0 Å². The molecule has 0 saturated carbocycles. The predicted octanol–water partition coefficient (Wildman–Crippen LogP) is 2.88. The molecular weight excluding hydrogens is 364 g/mol. The molecule has 138 valence electrons. The molecule has 0 aromatic heterocycles. The molecule has 2 unspecified atom stereocenters. The Morgan fingerprint density at radius 1 is 1.11 bits per heavy atom. The van der Waals surface area contributed by atoms with E-state index in [0.29, 0.717) is 36.9 Å². The molecule has 6 heteroatoms. The minimum atomic E-state index is -0.905. The van der Waals surface area contributed by atoms with Crippen LogP contribution in [0.2, 0.25) is 5.02 Å². The van der Waals surface area contributed by atoms with Crippen LogP contribution in [0.3, 0.4) is 0 Å². The zero-order valence-corrected chi connectivity index (χ0v) is 15.5. The highest BCUT2D eigenvalue weighted by Gasteiger charge is 2.60. The van der Waals surface area contributed by atoms with Crippen molar-refractivity contribution >= 4 is 23.4 Å². The molecule has 2 fully saturated rings. The smallest absolute Gasteiger partial charge is 0.256 e. The molecule has 2 amide bonds. The van der Waals surface area contributed by atoms with Crippen LogP contribution in [0.1, 0.15) is 27.9 Å². The largest absolute Gasteiger partial charge is 0.381 e. The van der Waals surface area contributed by atoms with Crippen molar-refractivity contribution in [3.8, 4) is 0 Å². The number of hydrogen-bond acceptors (Lipinski definition) is 3. The number of nitrogens with zero attached hydrogens (tertiary/aromatic N) is 2. The first-order valence-electron chi connectivity index (χ1n) is 9.21. The fourth-order valence-electron chi connectivity index (χ4n) is 4.70. The second-order valence-electron chi connectivity index (χ2n) is 7.23. The van der Waals surface area contributed by atoms with Gasteiger partial charge in [-0.25, -0.2) is 0 Å². The molecule has 5 rings (SSSR count). The SMILES string of the molecule is O=C1c2ccccc2C2(c3ccc(Cl)cc3)N1CCN2C(=O)C1CCOC1. The van der Waals surface area contributed by atoms with Crippen molar-refractivity contribution < 1.29 is 14.3 Å². The summed E-state index contributed by atoms with van der Waals surface area (Å²) in [5.41, 5.74) is 1.50. The summed E-state index contributed by atoms with van der Waals surface area (Å²) < 4.78 is 5.45. The van der Waals surface area contributed by atoms with Crippen molar-refractivity contribution in [1.29, 1.82) is 0 Å². The summed E-state index contributed by atoms with van der Waals surface area (Å²) in [6.45, 7) is 2.08. The van der Waals surface area contributed by atoms with E-state index in [0.717, 1.165) is 17.5 Å². The third kappa shape index (κ3) is 2.22. The van der Waals surface area contributed by atoms with Gasteiger partial charge in [-0.3, -0.25) is 9.59 Å². The van der Waals surface area contributed by atoms with Gasteiger partial charge in [0.25, 0.3) is 5.91 Å². The Labute approximate surface area is 162 Å². The van der Waals surface area contributed by atoms with E-state index in [1.807, 2.05) is 58.3 Å². The fraction of sp³-hybridized carbons (Fsp3) is 0.333. The van der Waals surface area contributed by atoms with Gasteiger partial charge in [0.05, 0.1) is 12.5 Å². The number of hydrogen-bond donors (Lipinski definition) is 0. The standard InChI is InChI=1S/C21H19ClN2O3/c22-16-7-5-15(6-8-16)21-18-4-2-1-3-17(18)20(26)24(21)11-10-23(21)19(25)14-9-12-27-13-14/h1-8,14H,9-13H2. The van der Waals surface area contributed by atoms with Crippen LogP contribution in [0, 0.1) is 5.92 Å². The summed E-state index contributed by atoms with van der Waals surface area (Å²) in [5, 5.41) is 0.624. The van der Waals surface area contributed by atoms with Gasteiger partial charge < -0.3 is 14.5 Å². The summed E-state index contributed by atoms with van der Waals surface area (Å²) in [7, 11) is 0. The lowest BCUT2D eigenvalue weighted by Crippen LogP contribution is -2.53. The monoisotopic (exact) mass is 382 g/mol. The molecule has 3 aliphatic heterocycles. The maximum Gasteiger partial charge on any atom is 0.256 e. The normalized spacial score (nSPS) is 26.4. The number of rotatable bonds is 2. The molecule has 0 aliphatic carbocycles. The lowest BCUT2D eigenvalue weighted by atomic mass is 9.89. The second-order valence-corrected chi connectivity index (χ2v) is 7.67. The summed E-state index contributed by atoms with van der Waals surface area (Å²) in [6.07, 6.45) is 0.724. The summed E-state index contributed by atoms with van der Waals surface area (Å²) >= 11 is 6.11. The maximum absolute atomic E-state index is 13.4. The van der Waals surface area contributed by atoms with Gasteiger partial charge in [-0.15, -0.1) is 0 Å². The average Bonchev–Trinajstić information content (AvgIpc) is 3.40. The van der Waals surface area contributed by atoms with Crippen LogP contribution in [0.15, 0.2) is 48.5 Å². The Morgan fingerprint density at radius 3 is 2.63 bits per heavy atom. The fourth-order valence-corrected chi connectivity index (χ4v) is 4.82. The van der Waals surface area contributed by atoms with E-state index in [1.54, 1.807) is 0 Å². The van der Waals surface area contributed by atoms with Gasteiger partial charge in [0.2, 0.25) is 5.91 Å². The third-order valence-corrected chi connectivity index (χ3v) is 6.15. The molecule has 2 saturated heterocycles. The van der Waals surface area contributed by atoms with Crippen LogP contribution in [0.25, 0.3) is 0 Å². The predicted molar refractivity (Wildman–Crippen MR) is 100 cm³/mol. The van der Waals surface area contributed by atoms with Gasteiger partial charge >= 0.3 is 0 Å². The lowest BCUT2D eigenvalue weighted by Gasteiger charge is -2.41. The molecule has 3 aliphatic rings. The highest BCUT2D eigenvalue weighted by Crippen LogP contribution is 2.50. The van der Waals surface area contributed by atoms with Gasteiger partial charge in [0.15, 0.2) is 5.66 Å². The quantitative estimate of drug-likeness (QED) is 0.802. The Hall–Kier alpha value is -2.37. The van der Waals surface area contributed by atoms with Crippen molar-refractivity contribution in [3.05, 3.63) is 70.2 Å². The zero-order valence-electron chi connectivity index (χ0n) is 14.7.